The van der Waals surface area contributed by atoms with Crippen LogP contribution < -0.4 is 4.74 Å². The number of aryl methyl sites for hydroxylation is 1. The number of amides is 1. The number of hydrogen-bond acceptors (Lipinski definition) is 3. The second-order valence-corrected chi connectivity index (χ2v) is 7.06. The zero-order chi connectivity index (χ0) is 16.8. The maximum atomic E-state index is 12.4. The summed E-state index contributed by atoms with van der Waals surface area (Å²) in [5.74, 6) is 1.21. The Labute approximate surface area is 157 Å². The summed E-state index contributed by atoms with van der Waals surface area (Å²) in [6.45, 7) is 3.96. The van der Waals surface area contributed by atoms with Crippen LogP contribution in [0.4, 0.5) is 0 Å². The van der Waals surface area contributed by atoms with Crippen LogP contribution in [0.2, 0.25) is 0 Å². The topological polar surface area (TPSA) is 32.8 Å². The van der Waals surface area contributed by atoms with E-state index in [9.17, 15) is 4.79 Å². The minimum absolute atomic E-state index is 0. The van der Waals surface area contributed by atoms with E-state index in [1.807, 2.05) is 12.1 Å². The third kappa shape index (κ3) is 5.61. The molecule has 0 spiro atoms. The van der Waals surface area contributed by atoms with Crippen molar-refractivity contribution >= 4 is 18.3 Å². The predicted molar refractivity (Wildman–Crippen MR) is 104 cm³/mol. The summed E-state index contributed by atoms with van der Waals surface area (Å²) in [6, 6.07) is 8.93. The molecule has 1 saturated heterocycles. The summed E-state index contributed by atoms with van der Waals surface area (Å²) in [4.78, 5) is 17.1. The fraction of sp³-hybridized carbons (Fsp3) is 0.650. The fourth-order valence-electron chi connectivity index (χ4n) is 4.00. The molecular weight excluding hydrogens is 336 g/mol. The molecule has 1 aliphatic heterocycles. The lowest BCUT2D eigenvalue weighted by Crippen LogP contribution is -2.51. The molecule has 1 aliphatic carbocycles. The second-order valence-electron chi connectivity index (χ2n) is 7.06. The number of piperazine rings is 1. The van der Waals surface area contributed by atoms with E-state index in [-0.39, 0.29) is 12.4 Å². The number of nitrogens with zero attached hydrogens (tertiary/aromatic N) is 2. The first-order chi connectivity index (χ1) is 11.8. The minimum atomic E-state index is 0. The van der Waals surface area contributed by atoms with Crippen molar-refractivity contribution in [3.63, 3.8) is 0 Å². The van der Waals surface area contributed by atoms with Crippen LogP contribution >= 0.6 is 12.4 Å². The van der Waals surface area contributed by atoms with E-state index in [1.54, 1.807) is 7.11 Å². The number of carbonyl (C=O) groups is 1. The quantitative estimate of drug-likeness (QED) is 0.772. The number of benzene rings is 1. The van der Waals surface area contributed by atoms with Crippen molar-refractivity contribution in [1.29, 1.82) is 0 Å². The van der Waals surface area contributed by atoms with E-state index in [2.05, 4.69) is 21.9 Å². The molecule has 1 aromatic carbocycles. The maximum absolute atomic E-state index is 12.4. The van der Waals surface area contributed by atoms with Crippen molar-refractivity contribution in [2.75, 3.05) is 33.3 Å². The van der Waals surface area contributed by atoms with Crippen LogP contribution in [0.3, 0.4) is 0 Å². The van der Waals surface area contributed by atoms with Gasteiger partial charge in [0.15, 0.2) is 0 Å². The first-order valence-electron chi connectivity index (χ1n) is 9.41. The van der Waals surface area contributed by atoms with E-state index in [4.69, 9.17) is 4.74 Å². The van der Waals surface area contributed by atoms with Gasteiger partial charge in [-0.3, -0.25) is 9.69 Å². The first-order valence-corrected chi connectivity index (χ1v) is 9.41. The van der Waals surface area contributed by atoms with E-state index in [1.165, 1.54) is 31.2 Å². The Morgan fingerprint density at radius 3 is 2.32 bits per heavy atom. The van der Waals surface area contributed by atoms with Gasteiger partial charge >= 0.3 is 0 Å². The largest absolute Gasteiger partial charge is 0.497 e. The molecule has 1 heterocycles. The standard InChI is InChI=1S/C20H30N2O2.ClH/c1-24-19-11-9-17(10-12-19)5-4-8-20(23)22-15-13-21(14-16-22)18-6-2-3-7-18;/h9-12,18H,2-8,13-16H2,1H3;1H. The van der Waals surface area contributed by atoms with Gasteiger partial charge in [0.05, 0.1) is 7.11 Å². The van der Waals surface area contributed by atoms with Gasteiger partial charge in [-0.15, -0.1) is 12.4 Å². The molecule has 0 atom stereocenters. The summed E-state index contributed by atoms with van der Waals surface area (Å²) < 4.78 is 5.17. The lowest BCUT2D eigenvalue weighted by atomic mass is 10.1. The highest BCUT2D eigenvalue weighted by molar-refractivity contribution is 5.85. The predicted octanol–water partition coefficient (Wildman–Crippen LogP) is 3.53. The molecule has 3 rings (SSSR count). The fourth-order valence-corrected chi connectivity index (χ4v) is 4.00. The maximum Gasteiger partial charge on any atom is 0.222 e. The number of carbonyl (C=O) groups excluding carboxylic acids is 1. The third-order valence-electron chi connectivity index (χ3n) is 5.52. The van der Waals surface area contributed by atoms with Crippen LogP contribution in [0.1, 0.15) is 44.1 Å². The average Bonchev–Trinajstić information content (AvgIpc) is 3.17. The van der Waals surface area contributed by atoms with Gasteiger partial charge in [-0.25, -0.2) is 0 Å². The normalized spacial score (nSPS) is 18.8. The van der Waals surface area contributed by atoms with Crippen molar-refractivity contribution in [3.8, 4) is 5.75 Å². The number of methoxy groups -OCH3 is 1. The number of halogens is 1. The third-order valence-corrected chi connectivity index (χ3v) is 5.52. The number of ether oxygens (including phenoxy) is 1. The molecule has 0 bridgehead atoms. The molecule has 2 fully saturated rings. The summed E-state index contributed by atoms with van der Waals surface area (Å²) in [5, 5.41) is 0. The van der Waals surface area contributed by atoms with E-state index < -0.39 is 0 Å². The zero-order valence-corrected chi connectivity index (χ0v) is 16.1. The zero-order valence-electron chi connectivity index (χ0n) is 15.3. The molecule has 1 saturated carbocycles. The van der Waals surface area contributed by atoms with Gasteiger partial charge in [0.25, 0.3) is 0 Å². The minimum Gasteiger partial charge on any atom is -0.497 e. The molecule has 140 valence electrons. The summed E-state index contributed by atoms with van der Waals surface area (Å²) in [6.07, 6.45) is 8.02. The smallest absolute Gasteiger partial charge is 0.222 e. The van der Waals surface area contributed by atoms with Gasteiger partial charge in [-0.1, -0.05) is 25.0 Å². The molecule has 4 nitrogen and oxygen atoms in total. The molecule has 0 N–H and O–H groups in total. The van der Waals surface area contributed by atoms with Crippen molar-refractivity contribution < 1.29 is 9.53 Å². The molecular formula is C20H31ClN2O2. The molecule has 1 amide bonds. The van der Waals surface area contributed by atoms with Crippen LogP contribution in [0.5, 0.6) is 5.75 Å². The average molecular weight is 367 g/mol. The highest BCUT2D eigenvalue weighted by atomic mass is 35.5. The first kappa shape index (κ1) is 20.1. The highest BCUT2D eigenvalue weighted by Crippen LogP contribution is 2.24. The Morgan fingerprint density at radius 2 is 1.72 bits per heavy atom. The van der Waals surface area contributed by atoms with Crippen molar-refractivity contribution in [3.05, 3.63) is 29.8 Å². The Bertz CT molecular complexity index is 521. The number of hydrogen-bond donors (Lipinski definition) is 0. The Balaban J connectivity index is 0.00000225. The highest BCUT2D eigenvalue weighted by Gasteiger charge is 2.27. The van der Waals surface area contributed by atoms with Crippen LogP contribution in [0, 0.1) is 0 Å². The van der Waals surface area contributed by atoms with Crippen molar-refractivity contribution in [1.82, 2.24) is 9.80 Å². The van der Waals surface area contributed by atoms with Crippen molar-refractivity contribution in [2.24, 2.45) is 0 Å². The van der Waals surface area contributed by atoms with Gasteiger partial charge in [0.1, 0.15) is 5.75 Å². The lowest BCUT2D eigenvalue weighted by Gasteiger charge is -2.38. The van der Waals surface area contributed by atoms with Gasteiger partial charge in [-0.2, -0.15) is 0 Å². The molecule has 5 heteroatoms. The SMILES string of the molecule is COc1ccc(CCCC(=O)N2CCN(C3CCCC3)CC2)cc1.Cl. The monoisotopic (exact) mass is 366 g/mol. The summed E-state index contributed by atoms with van der Waals surface area (Å²) >= 11 is 0. The Morgan fingerprint density at radius 1 is 1.08 bits per heavy atom. The van der Waals surface area contributed by atoms with Crippen molar-refractivity contribution in [2.45, 2.75) is 51.0 Å². The molecule has 1 aromatic rings. The molecule has 0 radical (unpaired) electrons. The van der Waals surface area contributed by atoms with Crippen LogP contribution in [0.15, 0.2) is 24.3 Å². The van der Waals surface area contributed by atoms with Crippen LogP contribution in [-0.4, -0.2) is 55.0 Å². The van der Waals surface area contributed by atoms with Gasteiger partial charge < -0.3 is 9.64 Å². The molecule has 0 aromatic heterocycles. The van der Waals surface area contributed by atoms with Gasteiger partial charge in [0, 0.05) is 38.6 Å². The summed E-state index contributed by atoms with van der Waals surface area (Å²) in [5.41, 5.74) is 1.27. The van der Waals surface area contributed by atoms with Crippen LogP contribution in [-0.2, 0) is 11.2 Å². The van der Waals surface area contributed by atoms with E-state index >= 15 is 0 Å². The second kappa shape index (κ2) is 10.0. The number of rotatable bonds is 6. The molecule has 25 heavy (non-hydrogen) atoms. The van der Waals surface area contributed by atoms with E-state index in [0.717, 1.165) is 50.8 Å². The lowest BCUT2D eigenvalue weighted by molar-refractivity contribution is -0.133. The summed E-state index contributed by atoms with van der Waals surface area (Å²) in [7, 11) is 1.68. The van der Waals surface area contributed by atoms with E-state index in [0.29, 0.717) is 12.3 Å². The Kier molecular flexibility index (Phi) is 8.04. The molecule has 2 aliphatic rings. The van der Waals surface area contributed by atoms with Crippen LogP contribution in [0.25, 0.3) is 0 Å². The molecule has 0 unspecified atom stereocenters. The van der Waals surface area contributed by atoms with Gasteiger partial charge in [0.2, 0.25) is 5.91 Å². The Hall–Kier alpha value is -1.26. The van der Waals surface area contributed by atoms with Gasteiger partial charge in [-0.05, 0) is 43.4 Å².